The molecule has 0 unspecified atom stereocenters. The van der Waals surface area contributed by atoms with Gasteiger partial charge in [-0.15, -0.1) is 0 Å². The molecule has 2 aromatic rings. The Bertz CT molecular complexity index is 1230. The Morgan fingerprint density at radius 1 is 1.22 bits per heavy atom. The normalized spacial score (nSPS) is 22.4. The Morgan fingerprint density at radius 3 is 2.44 bits per heavy atom. The molecule has 1 atom stereocenters. The summed E-state index contributed by atoms with van der Waals surface area (Å²) in [6, 6.07) is 8.53. The van der Waals surface area contributed by atoms with Crippen LogP contribution in [0.25, 0.3) is 0 Å². The van der Waals surface area contributed by atoms with Crippen LogP contribution in [0.2, 0.25) is 0 Å². The maximum Gasteiger partial charge on any atom is 0.337 e. The van der Waals surface area contributed by atoms with Gasteiger partial charge < -0.3 is 19.7 Å². The summed E-state index contributed by atoms with van der Waals surface area (Å²) < 4.78 is 46.3. The van der Waals surface area contributed by atoms with Crippen molar-refractivity contribution in [3.05, 3.63) is 52.8 Å². The number of carbonyl (C=O) groups is 1. The zero-order chi connectivity index (χ0) is 25.8. The molecule has 0 aliphatic carbocycles. The number of methoxy groups -OCH3 is 2. The molecule has 1 spiro atoms. The average Bonchev–Trinajstić information content (AvgIpc) is 2.99. The number of benzene rings is 2. The van der Waals surface area contributed by atoms with Crippen LogP contribution in [0.3, 0.4) is 0 Å². The lowest BCUT2D eigenvalue weighted by Gasteiger charge is -2.67. The van der Waals surface area contributed by atoms with E-state index in [-0.39, 0.29) is 22.7 Å². The Balaban J connectivity index is 1.54. The molecule has 2 saturated heterocycles. The molecule has 11 heteroatoms. The zero-order valence-electron chi connectivity index (χ0n) is 20.7. The topological polar surface area (TPSA) is 107 Å². The molecule has 5 rings (SSSR count). The minimum atomic E-state index is -2.49. The molecular formula is C25H31FN4O5S. The van der Waals surface area contributed by atoms with Gasteiger partial charge in [-0.3, -0.25) is 9.11 Å². The van der Waals surface area contributed by atoms with Crippen molar-refractivity contribution in [2.45, 2.75) is 30.6 Å². The van der Waals surface area contributed by atoms with E-state index in [0.29, 0.717) is 41.2 Å². The van der Waals surface area contributed by atoms with E-state index in [1.54, 1.807) is 6.07 Å². The van der Waals surface area contributed by atoms with Crippen LogP contribution in [0.1, 0.15) is 30.0 Å². The molecule has 3 heterocycles. The Labute approximate surface area is 211 Å². The van der Waals surface area contributed by atoms with Crippen LogP contribution in [0.5, 0.6) is 11.5 Å². The van der Waals surface area contributed by atoms with E-state index in [1.165, 1.54) is 26.3 Å². The van der Waals surface area contributed by atoms with Crippen molar-refractivity contribution in [3.63, 3.8) is 0 Å². The monoisotopic (exact) mass is 518 g/mol. The molecule has 36 heavy (non-hydrogen) atoms. The van der Waals surface area contributed by atoms with Crippen molar-refractivity contribution >= 4 is 28.0 Å². The van der Waals surface area contributed by atoms with Crippen LogP contribution in [0, 0.1) is 5.82 Å². The van der Waals surface area contributed by atoms with Crippen molar-refractivity contribution < 1.29 is 27.8 Å². The van der Waals surface area contributed by atoms with Crippen LogP contribution in [0.15, 0.2) is 35.4 Å². The van der Waals surface area contributed by atoms with Gasteiger partial charge in [0, 0.05) is 48.3 Å². The van der Waals surface area contributed by atoms with Gasteiger partial charge in [0.15, 0.2) is 17.3 Å². The summed E-state index contributed by atoms with van der Waals surface area (Å²) in [4.78, 5) is 14.8. The van der Waals surface area contributed by atoms with E-state index in [0.717, 1.165) is 12.1 Å². The number of nitrogens with zero attached hydrogens (tertiary/aromatic N) is 3. The molecular weight excluding hydrogens is 487 g/mol. The average molecular weight is 519 g/mol. The molecule has 194 valence electrons. The molecule has 0 radical (unpaired) electrons. The quantitative estimate of drug-likeness (QED) is 0.567. The smallest absolute Gasteiger partial charge is 0.337 e. The highest BCUT2D eigenvalue weighted by atomic mass is 32.3. The third-order valence-electron chi connectivity index (χ3n) is 7.51. The first kappa shape index (κ1) is 24.7. The highest BCUT2D eigenvalue weighted by Gasteiger charge is 2.59. The number of urea groups is 1. The second-order valence-electron chi connectivity index (χ2n) is 9.56. The molecule has 9 nitrogen and oxygen atoms in total. The summed E-state index contributed by atoms with van der Waals surface area (Å²) in [5, 5.41) is 8.63. The highest BCUT2D eigenvalue weighted by molar-refractivity contribution is 8.26. The van der Waals surface area contributed by atoms with E-state index in [4.69, 9.17) is 9.47 Å². The SMILES string of the molecule is CNC(=O)N1N=C(c2ccc(N3CC4(CCS4(O)O)C3)cc2)c2cc(OC)c(OC)c(F)c2C[C@@H]1C. The molecule has 0 bridgehead atoms. The number of hydrazone groups is 1. The molecule has 3 aliphatic heterocycles. The number of ether oxygens (including phenoxy) is 2. The minimum absolute atomic E-state index is 0.0141. The summed E-state index contributed by atoms with van der Waals surface area (Å²) in [6.07, 6.45) is 1.07. The summed E-state index contributed by atoms with van der Waals surface area (Å²) >= 11 is 0. The third kappa shape index (κ3) is 3.68. The number of hydrogen-bond acceptors (Lipinski definition) is 7. The van der Waals surface area contributed by atoms with Crippen LogP contribution >= 0.6 is 10.6 Å². The predicted molar refractivity (Wildman–Crippen MR) is 138 cm³/mol. The number of hydrogen-bond donors (Lipinski definition) is 3. The standard InChI is InChI=1S/C25H31FN4O5S/c1-15-11-18-19(12-20(34-3)23(35-4)21(18)26)22(28-30(15)24(31)27-2)16-5-7-17(8-6-16)29-13-25(14-29)9-10-36(25,32)33/h5-8,12,15,32-33H,9-11,13-14H2,1-4H3,(H,27,31)/t15-/m0/s1. The predicted octanol–water partition coefficient (Wildman–Crippen LogP) is 3.89. The van der Waals surface area contributed by atoms with E-state index in [1.807, 2.05) is 31.2 Å². The highest BCUT2D eigenvalue weighted by Crippen LogP contribution is 2.67. The lowest BCUT2D eigenvalue weighted by Crippen LogP contribution is -2.69. The number of halogens is 1. The number of carbonyl (C=O) groups excluding carboxylic acids is 1. The minimum Gasteiger partial charge on any atom is -0.493 e. The van der Waals surface area contributed by atoms with E-state index in [2.05, 4.69) is 15.3 Å². The first-order valence-corrected chi connectivity index (χ1v) is 13.5. The maximum atomic E-state index is 15.6. The summed E-state index contributed by atoms with van der Waals surface area (Å²) in [6.45, 7) is 3.04. The molecule has 0 aromatic heterocycles. The van der Waals surface area contributed by atoms with E-state index >= 15 is 4.39 Å². The summed E-state index contributed by atoms with van der Waals surface area (Å²) in [5.41, 5.74) is 3.03. The van der Waals surface area contributed by atoms with Crippen LogP contribution in [-0.4, -0.2) is 76.8 Å². The number of rotatable bonds is 4. The third-order valence-corrected chi connectivity index (χ3v) is 10.1. The number of nitrogens with one attached hydrogen (secondary N) is 1. The van der Waals surface area contributed by atoms with Gasteiger partial charge in [0.05, 0.1) is 30.7 Å². The fourth-order valence-corrected chi connectivity index (χ4v) is 7.09. The van der Waals surface area contributed by atoms with Gasteiger partial charge >= 0.3 is 6.03 Å². The second-order valence-corrected chi connectivity index (χ2v) is 12.2. The van der Waals surface area contributed by atoms with Gasteiger partial charge in [-0.05, 0) is 38.0 Å². The first-order chi connectivity index (χ1) is 17.1. The largest absolute Gasteiger partial charge is 0.493 e. The van der Waals surface area contributed by atoms with Crippen molar-refractivity contribution in [2.75, 3.05) is 45.0 Å². The van der Waals surface area contributed by atoms with Crippen LogP contribution < -0.4 is 19.7 Å². The fraction of sp³-hybridized carbons (Fsp3) is 0.440. The van der Waals surface area contributed by atoms with Gasteiger partial charge in [-0.2, -0.15) is 15.7 Å². The first-order valence-electron chi connectivity index (χ1n) is 11.8. The van der Waals surface area contributed by atoms with Crippen molar-refractivity contribution in [1.82, 2.24) is 10.3 Å². The Morgan fingerprint density at radius 2 is 1.92 bits per heavy atom. The lowest BCUT2D eigenvalue weighted by atomic mass is 9.92. The van der Waals surface area contributed by atoms with E-state index < -0.39 is 28.5 Å². The van der Waals surface area contributed by atoms with Crippen LogP contribution in [0.4, 0.5) is 14.9 Å². The Kier molecular flexibility index (Phi) is 6.05. The molecule has 3 N–H and O–H groups in total. The fourth-order valence-electron chi connectivity index (χ4n) is 5.22. The Hall–Kier alpha value is -3.02. The zero-order valence-corrected chi connectivity index (χ0v) is 21.6. The molecule has 3 aliphatic rings. The lowest BCUT2D eigenvalue weighted by molar-refractivity contribution is 0.184. The van der Waals surface area contributed by atoms with Crippen molar-refractivity contribution in [3.8, 4) is 11.5 Å². The molecule has 0 saturated carbocycles. The summed E-state index contributed by atoms with van der Waals surface area (Å²) in [5.74, 6) is 0.209. The van der Waals surface area contributed by atoms with Crippen molar-refractivity contribution in [1.29, 1.82) is 0 Å². The van der Waals surface area contributed by atoms with E-state index in [9.17, 15) is 13.9 Å². The van der Waals surface area contributed by atoms with Gasteiger partial charge in [-0.1, -0.05) is 12.1 Å². The molecule has 2 fully saturated rings. The van der Waals surface area contributed by atoms with Gasteiger partial charge in [0.2, 0.25) is 0 Å². The van der Waals surface area contributed by atoms with Gasteiger partial charge in [0.25, 0.3) is 0 Å². The number of fused-ring (bicyclic) bond motifs is 1. The number of amides is 2. The molecule has 2 amide bonds. The van der Waals surface area contributed by atoms with Gasteiger partial charge in [0.1, 0.15) is 0 Å². The molecule has 2 aromatic carbocycles. The van der Waals surface area contributed by atoms with Crippen molar-refractivity contribution in [2.24, 2.45) is 5.10 Å². The number of anilines is 1. The second kappa shape index (κ2) is 8.82. The van der Waals surface area contributed by atoms with Gasteiger partial charge in [-0.25, -0.2) is 14.2 Å². The summed E-state index contributed by atoms with van der Waals surface area (Å²) in [7, 11) is 1.88. The van der Waals surface area contributed by atoms with Crippen LogP contribution in [-0.2, 0) is 6.42 Å². The maximum absolute atomic E-state index is 15.6.